The average Bonchev–Trinajstić information content (AvgIpc) is 2.75. The number of rotatable bonds is 7. The molecule has 0 spiro atoms. The van der Waals surface area contributed by atoms with Gasteiger partial charge in [-0.05, 0) is 72.8 Å². The highest BCUT2D eigenvalue weighted by molar-refractivity contribution is 6.06. The fourth-order valence-electron chi connectivity index (χ4n) is 2.57. The number of benzene rings is 3. The van der Waals surface area contributed by atoms with Crippen molar-refractivity contribution < 1.29 is 27.8 Å². The van der Waals surface area contributed by atoms with E-state index < -0.39 is 12.5 Å². The Morgan fingerprint density at radius 2 is 1.10 bits per heavy atom. The van der Waals surface area contributed by atoms with Gasteiger partial charge in [0.1, 0.15) is 11.5 Å². The van der Waals surface area contributed by atoms with Crippen LogP contribution in [0.5, 0.6) is 11.5 Å². The van der Waals surface area contributed by atoms with Gasteiger partial charge in [0, 0.05) is 22.5 Å². The predicted octanol–water partition coefficient (Wildman–Crippen LogP) is 4.80. The molecule has 0 aromatic heterocycles. The molecule has 6 nitrogen and oxygen atoms in total. The number of halogens is 2. The van der Waals surface area contributed by atoms with Gasteiger partial charge in [0.05, 0.1) is 7.11 Å². The first-order valence-corrected chi connectivity index (χ1v) is 8.86. The highest BCUT2D eigenvalue weighted by atomic mass is 19.3. The van der Waals surface area contributed by atoms with Gasteiger partial charge in [0.25, 0.3) is 11.8 Å². The van der Waals surface area contributed by atoms with Crippen LogP contribution in [-0.4, -0.2) is 25.5 Å². The van der Waals surface area contributed by atoms with E-state index in [4.69, 9.17) is 4.74 Å². The van der Waals surface area contributed by atoms with Crippen molar-refractivity contribution in [3.8, 4) is 11.5 Å². The molecule has 0 aliphatic heterocycles. The Kier molecular flexibility index (Phi) is 6.59. The minimum Gasteiger partial charge on any atom is -0.497 e. The number of alkyl halides is 2. The molecule has 0 fully saturated rings. The molecule has 0 radical (unpaired) electrons. The van der Waals surface area contributed by atoms with Gasteiger partial charge in [-0.1, -0.05) is 0 Å². The molecule has 0 saturated carbocycles. The molecule has 0 aliphatic carbocycles. The van der Waals surface area contributed by atoms with Crippen molar-refractivity contribution in [1.82, 2.24) is 0 Å². The van der Waals surface area contributed by atoms with Gasteiger partial charge in [0.15, 0.2) is 0 Å². The number of carbonyl (C=O) groups is 2. The minimum atomic E-state index is -2.93. The van der Waals surface area contributed by atoms with E-state index in [0.717, 1.165) is 0 Å². The third-order valence-corrected chi connectivity index (χ3v) is 4.09. The third kappa shape index (κ3) is 5.54. The summed E-state index contributed by atoms with van der Waals surface area (Å²) >= 11 is 0. The summed E-state index contributed by atoms with van der Waals surface area (Å²) in [6, 6.07) is 18.6. The number of ether oxygens (including phenoxy) is 2. The van der Waals surface area contributed by atoms with Gasteiger partial charge in [-0.25, -0.2) is 0 Å². The van der Waals surface area contributed by atoms with Gasteiger partial charge >= 0.3 is 6.61 Å². The van der Waals surface area contributed by atoms with Crippen LogP contribution in [-0.2, 0) is 0 Å². The van der Waals surface area contributed by atoms with E-state index in [1.54, 1.807) is 55.6 Å². The zero-order chi connectivity index (χ0) is 21.5. The molecule has 8 heteroatoms. The second-order valence-electron chi connectivity index (χ2n) is 6.12. The summed E-state index contributed by atoms with van der Waals surface area (Å²) in [6.45, 7) is -2.93. The normalized spacial score (nSPS) is 10.4. The van der Waals surface area contributed by atoms with E-state index in [1.165, 1.54) is 24.3 Å². The van der Waals surface area contributed by atoms with Crippen molar-refractivity contribution in [3.05, 3.63) is 83.9 Å². The third-order valence-electron chi connectivity index (χ3n) is 4.09. The van der Waals surface area contributed by atoms with Gasteiger partial charge in [-0.2, -0.15) is 8.78 Å². The molecule has 0 saturated heterocycles. The molecule has 30 heavy (non-hydrogen) atoms. The largest absolute Gasteiger partial charge is 0.497 e. The molecule has 0 unspecified atom stereocenters. The van der Waals surface area contributed by atoms with Crippen LogP contribution in [0.15, 0.2) is 72.8 Å². The lowest BCUT2D eigenvalue weighted by atomic mass is 10.1. The number of anilines is 2. The topological polar surface area (TPSA) is 76.7 Å². The van der Waals surface area contributed by atoms with Crippen LogP contribution < -0.4 is 20.1 Å². The van der Waals surface area contributed by atoms with Crippen molar-refractivity contribution in [2.75, 3.05) is 17.7 Å². The molecule has 2 N–H and O–H groups in total. The Morgan fingerprint density at radius 3 is 1.53 bits per heavy atom. The van der Waals surface area contributed by atoms with Gasteiger partial charge < -0.3 is 20.1 Å². The van der Waals surface area contributed by atoms with Crippen LogP contribution >= 0.6 is 0 Å². The molecule has 0 atom stereocenters. The molecule has 3 aromatic carbocycles. The van der Waals surface area contributed by atoms with Crippen LogP contribution in [0.3, 0.4) is 0 Å². The summed E-state index contributed by atoms with van der Waals surface area (Å²) in [4.78, 5) is 24.6. The van der Waals surface area contributed by atoms with Crippen LogP contribution in [0.1, 0.15) is 20.7 Å². The number of carbonyl (C=O) groups excluding carboxylic acids is 2. The molecule has 0 aliphatic rings. The van der Waals surface area contributed by atoms with E-state index in [2.05, 4.69) is 15.4 Å². The smallest absolute Gasteiger partial charge is 0.387 e. The van der Waals surface area contributed by atoms with Crippen LogP contribution in [0.25, 0.3) is 0 Å². The molecule has 2 amide bonds. The summed E-state index contributed by atoms with van der Waals surface area (Å²) in [6.07, 6.45) is 0. The first-order chi connectivity index (χ1) is 14.4. The summed E-state index contributed by atoms with van der Waals surface area (Å²) in [5, 5.41) is 5.44. The number of hydrogen-bond donors (Lipinski definition) is 2. The van der Waals surface area contributed by atoms with Crippen LogP contribution in [0.4, 0.5) is 20.2 Å². The molecule has 154 valence electrons. The monoisotopic (exact) mass is 412 g/mol. The number of amides is 2. The van der Waals surface area contributed by atoms with E-state index in [1.807, 2.05) is 0 Å². The van der Waals surface area contributed by atoms with Gasteiger partial charge in [0.2, 0.25) is 0 Å². The maximum absolute atomic E-state index is 12.3. The SMILES string of the molecule is COc1ccc(NC(=O)c2ccc(NC(=O)c3ccc(OC(F)F)cc3)cc2)cc1. The van der Waals surface area contributed by atoms with Crippen molar-refractivity contribution in [2.45, 2.75) is 6.61 Å². The Labute approximate surface area is 171 Å². The lowest BCUT2D eigenvalue weighted by Gasteiger charge is -2.09. The summed E-state index contributed by atoms with van der Waals surface area (Å²) in [5.41, 5.74) is 1.79. The van der Waals surface area contributed by atoms with Crippen molar-refractivity contribution in [3.63, 3.8) is 0 Å². The maximum atomic E-state index is 12.3. The van der Waals surface area contributed by atoms with Gasteiger partial charge in [-0.15, -0.1) is 0 Å². The second kappa shape index (κ2) is 9.51. The van der Waals surface area contributed by atoms with Gasteiger partial charge in [-0.3, -0.25) is 9.59 Å². The molecule has 0 heterocycles. The lowest BCUT2D eigenvalue weighted by molar-refractivity contribution is -0.0498. The first-order valence-electron chi connectivity index (χ1n) is 8.86. The standard InChI is InChI=1S/C22H18F2N2O4/c1-29-18-12-8-17(9-13-18)26-20(27)14-2-6-16(7-3-14)25-21(28)15-4-10-19(11-5-15)30-22(23)24/h2-13,22H,1H3,(H,25,28)(H,26,27). The molecular weight excluding hydrogens is 394 g/mol. The fraction of sp³-hybridized carbons (Fsp3) is 0.0909. The molecule has 3 aromatic rings. The maximum Gasteiger partial charge on any atom is 0.387 e. The molecule has 0 bridgehead atoms. The zero-order valence-electron chi connectivity index (χ0n) is 15.9. The van der Waals surface area contributed by atoms with Crippen molar-refractivity contribution in [2.24, 2.45) is 0 Å². The van der Waals surface area contributed by atoms with Crippen molar-refractivity contribution >= 4 is 23.2 Å². The molecular formula is C22H18F2N2O4. The number of methoxy groups -OCH3 is 1. The Balaban J connectivity index is 1.59. The Hall–Kier alpha value is -3.94. The van der Waals surface area contributed by atoms with E-state index >= 15 is 0 Å². The fourth-order valence-corrected chi connectivity index (χ4v) is 2.57. The second-order valence-corrected chi connectivity index (χ2v) is 6.12. The number of nitrogens with one attached hydrogen (secondary N) is 2. The quantitative estimate of drug-likeness (QED) is 0.584. The zero-order valence-corrected chi connectivity index (χ0v) is 15.9. The predicted molar refractivity (Wildman–Crippen MR) is 108 cm³/mol. The van der Waals surface area contributed by atoms with E-state index in [0.29, 0.717) is 22.7 Å². The number of hydrogen-bond acceptors (Lipinski definition) is 4. The highest BCUT2D eigenvalue weighted by Gasteiger charge is 2.10. The van der Waals surface area contributed by atoms with Crippen LogP contribution in [0.2, 0.25) is 0 Å². The summed E-state index contributed by atoms with van der Waals surface area (Å²) < 4.78 is 33.7. The minimum absolute atomic E-state index is 0.0335. The Bertz CT molecular complexity index is 1000. The van der Waals surface area contributed by atoms with E-state index in [9.17, 15) is 18.4 Å². The molecule has 3 rings (SSSR count). The Morgan fingerprint density at radius 1 is 0.700 bits per heavy atom. The highest BCUT2D eigenvalue weighted by Crippen LogP contribution is 2.18. The first kappa shape index (κ1) is 20.8. The van der Waals surface area contributed by atoms with Crippen LogP contribution in [0, 0.1) is 0 Å². The summed E-state index contributed by atoms with van der Waals surface area (Å²) in [5.74, 6) is -0.0697. The summed E-state index contributed by atoms with van der Waals surface area (Å²) in [7, 11) is 1.56. The van der Waals surface area contributed by atoms with E-state index in [-0.39, 0.29) is 17.2 Å². The van der Waals surface area contributed by atoms with Crippen molar-refractivity contribution in [1.29, 1.82) is 0 Å². The average molecular weight is 412 g/mol. The lowest BCUT2D eigenvalue weighted by Crippen LogP contribution is -2.13.